The highest BCUT2D eigenvalue weighted by Gasteiger charge is 2.52. The van der Waals surface area contributed by atoms with Crippen LogP contribution in [0, 0.1) is 11.8 Å². The average molecular weight is 388 g/mol. The van der Waals surface area contributed by atoms with E-state index in [4.69, 9.17) is 4.74 Å². The predicted molar refractivity (Wildman–Crippen MR) is 101 cm³/mol. The van der Waals surface area contributed by atoms with Crippen LogP contribution in [0.4, 0.5) is 0 Å². The van der Waals surface area contributed by atoms with E-state index in [1.807, 2.05) is 12.1 Å². The molecule has 0 unspecified atom stereocenters. The third-order valence-electron chi connectivity index (χ3n) is 6.01. The van der Waals surface area contributed by atoms with Crippen LogP contribution in [0.2, 0.25) is 0 Å². The topological polar surface area (TPSA) is 79.7 Å². The SMILES string of the molecule is COc1ccc(S(=O)(=O)N2C[C@@H]3CCC[C@](O)(c4cccnc4)[C@H]3C2)cc1. The third kappa shape index (κ3) is 3.13. The molecular formula is C20H24N2O4S. The highest BCUT2D eigenvalue weighted by atomic mass is 32.2. The van der Waals surface area contributed by atoms with E-state index in [0.717, 1.165) is 18.4 Å². The minimum absolute atomic E-state index is 0.122. The van der Waals surface area contributed by atoms with Crippen LogP contribution in [0.15, 0.2) is 53.7 Å². The summed E-state index contributed by atoms with van der Waals surface area (Å²) in [5.74, 6) is 0.649. The number of sulfonamides is 1. The van der Waals surface area contributed by atoms with Gasteiger partial charge in [0.15, 0.2) is 0 Å². The van der Waals surface area contributed by atoms with Crippen LogP contribution in [0.1, 0.15) is 24.8 Å². The van der Waals surface area contributed by atoms with Gasteiger partial charge in [0.25, 0.3) is 0 Å². The molecule has 1 aliphatic carbocycles. The molecular weight excluding hydrogens is 364 g/mol. The Morgan fingerprint density at radius 1 is 1.22 bits per heavy atom. The molecule has 2 aromatic rings. The Balaban J connectivity index is 1.62. The summed E-state index contributed by atoms with van der Waals surface area (Å²) in [5, 5.41) is 11.5. The number of fused-ring (bicyclic) bond motifs is 1. The van der Waals surface area contributed by atoms with E-state index in [1.165, 1.54) is 4.31 Å². The maximum absolute atomic E-state index is 13.1. The van der Waals surface area contributed by atoms with Crippen LogP contribution in [0.3, 0.4) is 0 Å². The molecule has 144 valence electrons. The van der Waals surface area contributed by atoms with Crippen molar-refractivity contribution in [2.45, 2.75) is 29.8 Å². The fourth-order valence-corrected chi connectivity index (χ4v) is 6.08. The van der Waals surface area contributed by atoms with E-state index in [9.17, 15) is 13.5 Å². The van der Waals surface area contributed by atoms with Crippen LogP contribution in [-0.2, 0) is 15.6 Å². The Morgan fingerprint density at radius 2 is 2.00 bits per heavy atom. The molecule has 2 aliphatic rings. The minimum atomic E-state index is -3.60. The number of ether oxygens (including phenoxy) is 1. The van der Waals surface area contributed by atoms with Crippen LogP contribution in [-0.4, -0.2) is 43.0 Å². The molecule has 6 nitrogen and oxygen atoms in total. The van der Waals surface area contributed by atoms with E-state index in [1.54, 1.807) is 43.8 Å². The Hall–Kier alpha value is -1.96. The standard InChI is InChI=1S/C20H24N2O4S/c1-26-17-6-8-18(9-7-17)27(24,25)22-13-15-4-2-10-20(23,19(15)14-22)16-5-3-11-21-12-16/h3,5-9,11-12,15,19,23H,2,4,10,13-14H2,1H3/t15-,19-,20-/m0/s1. The second kappa shape index (κ2) is 6.89. The van der Waals surface area contributed by atoms with Crippen molar-refractivity contribution in [3.8, 4) is 5.75 Å². The van der Waals surface area contributed by atoms with Crippen molar-refractivity contribution < 1.29 is 18.3 Å². The number of hydrogen-bond donors (Lipinski definition) is 1. The Morgan fingerprint density at radius 3 is 2.67 bits per heavy atom. The normalized spacial score (nSPS) is 28.7. The number of methoxy groups -OCH3 is 1. The zero-order chi connectivity index (χ0) is 19.1. The fourth-order valence-electron chi connectivity index (χ4n) is 4.55. The van der Waals surface area contributed by atoms with Gasteiger partial charge >= 0.3 is 0 Å². The first-order chi connectivity index (χ1) is 12.9. The zero-order valence-electron chi connectivity index (χ0n) is 15.3. The van der Waals surface area contributed by atoms with Crippen molar-refractivity contribution in [3.63, 3.8) is 0 Å². The van der Waals surface area contributed by atoms with Gasteiger partial charge < -0.3 is 9.84 Å². The molecule has 4 rings (SSSR count). The molecule has 7 heteroatoms. The van der Waals surface area contributed by atoms with Crippen LogP contribution >= 0.6 is 0 Å². The van der Waals surface area contributed by atoms with Gasteiger partial charge in [0.05, 0.1) is 17.6 Å². The number of pyridine rings is 1. The monoisotopic (exact) mass is 388 g/mol. The van der Waals surface area contributed by atoms with Gasteiger partial charge in [-0.1, -0.05) is 6.07 Å². The van der Waals surface area contributed by atoms with Gasteiger partial charge in [0.2, 0.25) is 10.0 Å². The van der Waals surface area contributed by atoms with Crippen LogP contribution < -0.4 is 4.74 Å². The molecule has 2 heterocycles. The number of nitrogens with zero attached hydrogens (tertiary/aromatic N) is 2. The van der Waals surface area contributed by atoms with Crippen LogP contribution in [0.25, 0.3) is 0 Å². The van der Waals surface area contributed by atoms with E-state index in [0.29, 0.717) is 25.3 Å². The largest absolute Gasteiger partial charge is 0.497 e. The first-order valence-electron chi connectivity index (χ1n) is 9.22. The molecule has 1 aliphatic heterocycles. The molecule has 3 atom stereocenters. The highest BCUT2D eigenvalue weighted by molar-refractivity contribution is 7.89. The highest BCUT2D eigenvalue weighted by Crippen LogP contribution is 2.48. The van der Waals surface area contributed by atoms with Gasteiger partial charge in [-0.05, 0) is 55.5 Å². The number of rotatable bonds is 4. The lowest BCUT2D eigenvalue weighted by molar-refractivity contribution is -0.0643. The second-order valence-electron chi connectivity index (χ2n) is 7.42. The van der Waals surface area contributed by atoms with Crippen molar-refractivity contribution in [3.05, 3.63) is 54.4 Å². The summed E-state index contributed by atoms with van der Waals surface area (Å²) in [7, 11) is -2.05. The van der Waals surface area contributed by atoms with Gasteiger partial charge in [0, 0.05) is 37.0 Å². The summed E-state index contributed by atoms with van der Waals surface area (Å²) in [6.07, 6.45) is 5.83. The molecule has 0 bridgehead atoms. The average Bonchev–Trinajstić information content (AvgIpc) is 3.16. The summed E-state index contributed by atoms with van der Waals surface area (Å²) in [4.78, 5) is 4.40. The summed E-state index contributed by atoms with van der Waals surface area (Å²) < 4.78 is 32.9. The van der Waals surface area contributed by atoms with E-state index >= 15 is 0 Å². The Bertz CT molecular complexity index is 901. The van der Waals surface area contributed by atoms with Crippen molar-refractivity contribution in [1.82, 2.24) is 9.29 Å². The lowest BCUT2D eigenvalue weighted by Crippen LogP contribution is -2.43. The molecule has 0 spiro atoms. The van der Waals surface area contributed by atoms with Crippen molar-refractivity contribution in [2.24, 2.45) is 11.8 Å². The van der Waals surface area contributed by atoms with Crippen LogP contribution in [0.5, 0.6) is 5.75 Å². The number of aliphatic hydroxyl groups is 1. The maximum atomic E-state index is 13.1. The van der Waals surface area contributed by atoms with E-state index in [-0.39, 0.29) is 16.7 Å². The molecule has 1 saturated heterocycles. The number of hydrogen-bond acceptors (Lipinski definition) is 5. The summed E-state index contributed by atoms with van der Waals surface area (Å²) in [6, 6.07) is 10.2. The first-order valence-corrected chi connectivity index (χ1v) is 10.7. The summed E-state index contributed by atoms with van der Waals surface area (Å²) in [6.45, 7) is 0.770. The number of benzene rings is 1. The zero-order valence-corrected chi connectivity index (χ0v) is 16.1. The quantitative estimate of drug-likeness (QED) is 0.870. The third-order valence-corrected chi connectivity index (χ3v) is 7.86. The molecule has 0 amide bonds. The van der Waals surface area contributed by atoms with Gasteiger partial charge in [-0.3, -0.25) is 4.98 Å². The smallest absolute Gasteiger partial charge is 0.243 e. The second-order valence-corrected chi connectivity index (χ2v) is 9.36. The molecule has 1 N–H and O–H groups in total. The molecule has 27 heavy (non-hydrogen) atoms. The number of aromatic nitrogens is 1. The summed E-state index contributed by atoms with van der Waals surface area (Å²) >= 11 is 0. The molecule has 1 saturated carbocycles. The first kappa shape index (κ1) is 18.4. The predicted octanol–water partition coefficient (Wildman–Crippen LogP) is 2.40. The Labute approximate surface area is 159 Å². The van der Waals surface area contributed by atoms with Gasteiger partial charge in [-0.25, -0.2) is 8.42 Å². The fraction of sp³-hybridized carbons (Fsp3) is 0.450. The van der Waals surface area contributed by atoms with Crippen molar-refractivity contribution >= 4 is 10.0 Å². The van der Waals surface area contributed by atoms with E-state index < -0.39 is 15.6 Å². The van der Waals surface area contributed by atoms with Gasteiger partial charge in [0.1, 0.15) is 5.75 Å². The molecule has 2 fully saturated rings. The molecule has 0 radical (unpaired) electrons. The minimum Gasteiger partial charge on any atom is -0.497 e. The Kier molecular flexibility index (Phi) is 4.70. The van der Waals surface area contributed by atoms with Gasteiger partial charge in [-0.15, -0.1) is 0 Å². The van der Waals surface area contributed by atoms with Crippen molar-refractivity contribution in [1.29, 1.82) is 0 Å². The molecule has 1 aromatic carbocycles. The molecule has 1 aromatic heterocycles. The van der Waals surface area contributed by atoms with E-state index in [2.05, 4.69) is 4.98 Å². The maximum Gasteiger partial charge on any atom is 0.243 e. The van der Waals surface area contributed by atoms with Gasteiger partial charge in [-0.2, -0.15) is 4.31 Å². The lowest BCUT2D eigenvalue weighted by Gasteiger charge is -2.41. The summed E-state index contributed by atoms with van der Waals surface area (Å²) in [5.41, 5.74) is -0.246. The lowest BCUT2D eigenvalue weighted by atomic mass is 9.68. The van der Waals surface area contributed by atoms with Crippen molar-refractivity contribution in [2.75, 3.05) is 20.2 Å².